The molecule has 0 atom stereocenters. The molecule has 2 aromatic rings. The lowest BCUT2D eigenvalue weighted by molar-refractivity contribution is 0.224. The van der Waals surface area contributed by atoms with E-state index in [9.17, 15) is 0 Å². The maximum Gasteiger partial charge on any atom is 0.101 e. The van der Waals surface area contributed by atoms with E-state index in [0.717, 1.165) is 11.3 Å². The summed E-state index contributed by atoms with van der Waals surface area (Å²) in [7, 11) is 4.28. The van der Waals surface area contributed by atoms with Crippen LogP contribution in [-0.2, 0) is 0 Å². The first-order chi connectivity index (χ1) is 10.2. The molecule has 0 aliphatic carbocycles. The van der Waals surface area contributed by atoms with Crippen LogP contribution in [0.15, 0.2) is 29.3 Å². The Balaban J connectivity index is 2.46. The molecule has 0 radical (unpaired) electrons. The van der Waals surface area contributed by atoms with Gasteiger partial charge in [-0.3, -0.25) is 0 Å². The molecule has 2 nitrogen and oxygen atoms in total. The smallest absolute Gasteiger partial charge is 0.101 e. The molecule has 0 bridgehead atoms. The molecule has 0 unspecified atom stereocenters. The number of pyridine rings is 1. The van der Waals surface area contributed by atoms with Crippen molar-refractivity contribution >= 4 is 22.7 Å². The van der Waals surface area contributed by atoms with Crippen molar-refractivity contribution in [3.05, 3.63) is 35.4 Å². The Bertz CT molecular complexity index is 660. The molecule has 120 valence electrons. The van der Waals surface area contributed by atoms with E-state index in [0.29, 0.717) is 5.92 Å². The summed E-state index contributed by atoms with van der Waals surface area (Å²) < 4.78 is 0. The van der Waals surface area contributed by atoms with Crippen LogP contribution in [0.2, 0.25) is 0 Å². The summed E-state index contributed by atoms with van der Waals surface area (Å²) in [6.45, 7) is 11.3. The molecular formula is C19H28N2S. The Kier molecular flexibility index (Phi) is 5.18. The highest BCUT2D eigenvalue weighted by molar-refractivity contribution is 7.99. The van der Waals surface area contributed by atoms with Gasteiger partial charge in [-0.25, -0.2) is 4.98 Å². The van der Waals surface area contributed by atoms with Crippen LogP contribution in [-0.4, -0.2) is 35.3 Å². The predicted molar refractivity (Wildman–Crippen MR) is 99.1 cm³/mol. The summed E-state index contributed by atoms with van der Waals surface area (Å²) in [5.74, 6) is 1.52. The van der Waals surface area contributed by atoms with Crippen molar-refractivity contribution < 1.29 is 0 Å². The van der Waals surface area contributed by atoms with E-state index in [-0.39, 0.29) is 5.54 Å². The van der Waals surface area contributed by atoms with Crippen LogP contribution in [0.5, 0.6) is 0 Å². The molecule has 0 aliphatic heterocycles. The number of benzene rings is 1. The average Bonchev–Trinajstić information content (AvgIpc) is 2.44. The molecule has 0 fully saturated rings. The highest BCUT2D eigenvalue weighted by Gasteiger charge is 2.23. The molecule has 0 saturated heterocycles. The molecule has 0 N–H and O–H groups in total. The number of aryl methyl sites for hydroxylation is 1. The fourth-order valence-corrected chi connectivity index (χ4v) is 3.98. The SMILES string of the molecule is Cc1c(C(C)C)c(SCC(C)(C)N(C)C)nc2ccccc12. The molecule has 0 amide bonds. The molecule has 3 heteroatoms. The van der Waals surface area contributed by atoms with Gasteiger partial charge in [0, 0.05) is 16.7 Å². The standard InChI is InChI=1S/C19H28N2S/c1-13(2)17-14(3)15-10-8-9-11-16(15)20-18(17)22-12-19(4,5)21(6)7/h8-11,13H,12H2,1-7H3. The van der Waals surface area contributed by atoms with Crippen LogP contribution in [0.3, 0.4) is 0 Å². The molecular weight excluding hydrogens is 288 g/mol. The molecule has 0 spiro atoms. The third-order valence-corrected chi connectivity index (χ3v) is 5.95. The minimum Gasteiger partial charge on any atom is -0.303 e. The van der Waals surface area contributed by atoms with Crippen molar-refractivity contribution in [2.45, 2.75) is 51.1 Å². The molecule has 1 heterocycles. The van der Waals surface area contributed by atoms with Gasteiger partial charge in [0.2, 0.25) is 0 Å². The van der Waals surface area contributed by atoms with E-state index in [1.807, 2.05) is 11.8 Å². The van der Waals surface area contributed by atoms with Crippen molar-refractivity contribution in [2.24, 2.45) is 0 Å². The van der Waals surface area contributed by atoms with Gasteiger partial charge in [0.25, 0.3) is 0 Å². The van der Waals surface area contributed by atoms with Crippen molar-refractivity contribution in [2.75, 3.05) is 19.8 Å². The second kappa shape index (κ2) is 6.59. The largest absolute Gasteiger partial charge is 0.303 e. The summed E-state index contributed by atoms with van der Waals surface area (Å²) in [4.78, 5) is 7.24. The second-order valence-corrected chi connectivity index (χ2v) is 8.09. The van der Waals surface area contributed by atoms with Crippen LogP contribution >= 0.6 is 11.8 Å². The van der Waals surface area contributed by atoms with Gasteiger partial charge in [0.05, 0.1) is 5.52 Å². The minimum absolute atomic E-state index is 0.153. The fourth-order valence-electron chi connectivity index (χ4n) is 2.53. The number of nitrogens with zero attached hydrogens (tertiary/aromatic N) is 2. The Morgan fingerprint density at radius 3 is 2.41 bits per heavy atom. The first-order valence-corrected chi connectivity index (χ1v) is 8.92. The Morgan fingerprint density at radius 2 is 1.82 bits per heavy atom. The lowest BCUT2D eigenvalue weighted by Crippen LogP contribution is -2.40. The Labute approximate surface area is 139 Å². The van der Waals surface area contributed by atoms with Crippen LogP contribution in [0.1, 0.15) is 44.7 Å². The van der Waals surface area contributed by atoms with Gasteiger partial charge in [-0.2, -0.15) is 0 Å². The summed E-state index contributed by atoms with van der Waals surface area (Å²) in [5, 5.41) is 2.48. The number of para-hydroxylation sites is 1. The van der Waals surface area contributed by atoms with E-state index in [2.05, 4.69) is 77.9 Å². The molecule has 0 aliphatic rings. The number of thioether (sulfide) groups is 1. The zero-order valence-corrected chi connectivity index (χ0v) is 15.7. The molecule has 1 aromatic carbocycles. The maximum absolute atomic E-state index is 4.96. The van der Waals surface area contributed by atoms with Gasteiger partial charge in [-0.15, -0.1) is 11.8 Å². The van der Waals surface area contributed by atoms with Gasteiger partial charge >= 0.3 is 0 Å². The van der Waals surface area contributed by atoms with Gasteiger partial charge in [-0.1, -0.05) is 32.0 Å². The van der Waals surface area contributed by atoms with Crippen LogP contribution < -0.4 is 0 Å². The van der Waals surface area contributed by atoms with Gasteiger partial charge in [0.1, 0.15) is 5.03 Å². The lowest BCUT2D eigenvalue weighted by atomic mass is 9.97. The predicted octanol–water partition coefficient (Wildman–Crippen LogP) is 5.10. The van der Waals surface area contributed by atoms with E-state index < -0.39 is 0 Å². The van der Waals surface area contributed by atoms with E-state index in [4.69, 9.17) is 4.98 Å². The number of fused-ring (bicyclic) bond motifs is 1. The van der Waals surface area contributed by atoms with Crippen molar-refractivity contribution in [3.8, 4) is 0 Å². The molecule has 1 aromatic heterocycles. The topological polar surface area (TPSA) is 16.1 Å². The van der Waals surface area contributed by atoms with Gasteiger partial charge < -0.3 is 4.90 Å². The first kappa shape index (κ1) is 17.3. The lowest BCUT2D eigenvalue weighted by Gasteiger charge is -2.32. The monoisotopic (exact) mass is 316 g/mol. The van der Waals surface area contributed by atoms with Crippen LogP contribution in [0.25, 0.3) is 10.9 Å². The minimum atomic E-state index is 0.153. The normalized spacial score (nSPS) is 12.6. The quantitative estimate of drug-likeness (QED) is 0.714. The van der Waals surface area contributed by atoms with Gasteiger partial charge in [-0.05, 0) is 58.0 Å². The zero-order valence-electron chi connectivity index (χ0n) is 14.9. The highest BCUT2D eigenvalue weighted by Crippen LogP contribution is 2.35. The number of aromatic nitrogens is 1. The third-order valence-electron chi connectivity index (χ3n) is 4.51. The second-order valence-electron chi connectivity index (χ2n) is 7.12. The van der Waals surface area contributed by atoms with Crippen molar-refractivity contribution in [3.63, 3.8) is 0 Å². The van der Waals surface area contributed by atoms with Gasteiger partial charge in [0.15, 0.2) is 0 Å². The first-order valence-electron chi connectivity index (χ1n) is 7.93. The summed E-state index contributed by atoms with van der Waals surface area (Å²) >= 11 is 1.89. The summed E-state index contributed by atoms with van der Waals surface area (Å²) in [5.41, 5.74) is 4.04. The summed E-state index contributed by atoms with van der Waals surface area (Å²) in [6, 6.07) is 8.47. The average molecular weight is 317 g/mol. The van der Waals surface area contributed by atoms with E-state index in [1.54, 1.807) is 0 Å². The van der Waals surface area contributed by atoms with E-state index >= 15 is 0 Å². The number of hydrogen-bond acceptors (Lipinski definition) is 3. The molecule has 22 heavy (non-hydrogen) atoms. The number of hydrogen-bond donors (Lipinski definition) is 0. The van der Waals surface area contributed by atoms with Crippen LogP contribution in [0, 0.1) is 6.92 Å². The summed E-state index contributed by atoms with van der Waals surface area (Å²) in [6.07, 6.45) is 0. The molecule has 0 saturated carbocycles. The zero-order chi connectivity index (χ0) is 16.5. The maximum atomic E-state index is 4.96. The highest BCUT2D eigenvalue weighted by atomic mass is 32.2. The molecule has 2 rings (SSSR count). The third kappa shape index (κ3) is 3.47. The Morgan fingerprint density at radius 1 is 1.18 bits per heavy atom. The Hall–Kier alpha value is -1.06. The fraction of sp³-hybridized carbons (Fsp3) is 0.526. The van der Waals surface area contributed by atoms with E-state index in [1.165, 1.54) is 21.5 Å². The van der Waals surface area contributed by atoms with Crippen molar-refractivity contribution in [1.29, 1.82) is 0 Å². The van der Waals surface area contributed by atoms with Crippen LogP contribution in [0.4, 0.5) is 0 Å². The number of rotatable bonds is 5. The van der Waals surface area contributed by atoms with Crippen molar-refractivity contribution in [1.82, 2.24) is 9.88 Å².